The Labute approximate surface area is 121 Å². The Morgan fingerprint density at radius 2 is 2.05 bits per heavy atom. The van der Waals surface area contributed by atoms with Crippen molar-refractivity contribution in [1.29, 1.82) is 0 Å². The van der Waals surface area contributed by atoms with Gasteiger partial charge in [0.15, 0.2) is 0 Å². The summed E-state index contributed by atoms with van der Waals surface area (Å²) >= 11 is 0. The van der Waals surface area contributed by atoms with Crippen molar-refractivity contribution < 1.29 is 14.7 Å². The van der Waals surface area contributed by atoms with Gasteiger partial charge in [0.05, 0.1) is 5.92 Å². The fourth-order valence-electron chi connectivity index (χ4n) is 2.51. The second-order valence-electron chi connectivity index (χ2n) is 6.20. The van der Waals surface area contributed by atoms with Gasteiger partial charge in [0, 0.05) is 25.7 Å². The molecule has 0 aromatic carbocycles. The molecule has 1 aliphatic rings. The molecule has 1 heterocycles. The number of amides is 2. The fraction of sp³-hybridized carbons (Fsp3) is 0.857. The van der Waals surface area contributed by atoms with Gasteiger partial charge in [0.25, 0.3) is 0 Å². The molecule has 2 amide bonds. The summed E-state index contributed by atoms with van der Waals surface area (Å²) in [5.41, 5.74) is 0. The smallest absolute Gasteiger partial charge is 0.317 e. The van der Waals surface area contributed by atoms with E-state index in [0.29, 0.717) is 24.9 Å². The average Bonchev–Trinajstić information content (AvgIpc) is 2.82. The topological polar surface area (TPSA) is 72.9 Å². The quantitative estimate of drug-likeness (QED) is 0.766. The molecule has 0 radical (unpaired) electrons. The molecule has 1 saturated heterocycles. The van der Waals surface area contributed by atoms with Crippen LogP contribution in [-0.4, -0.2) is 66.7 Å². The number of likely N-dealkylation sites (N-methyl/N-ethyl adjacent to an activating group) is 1. The lowest BCUT2D eigenvalue weighted by atomic mass is 9.97. The molecule has 2 N–H and O–H groups in total. The molecule has 0 aliphatic carbocycles. The van der Waals surface area contributed by atoms with Gasteiger partial charge in [-0.15, -0.1) is 0 Å². The third-order valence-corrected chi connectivity index (χ3v) is 3.79. The largest absolute Gasteiger partial charge is 0.481 e. The summed E-state index contributed by atoms with van der Waals surface area (Å²) in [4.78, 5) is 27.0. The second kappa shape index (κ2) is 7.47. The van der Waals surface area contributed by atoms with E-state index >= 15 is 0 Å². The summed E-state index contributed by atoms with van der Waals surface area (Å²) in [6, 6.07) is 0.246. The highest BCUT2D eigenvalue weighted by atomic mass is 16.4. The van der Waals surface area contributed by atoms with E-state index in [2.05, 4.69) is 10.2 Å². The van der Waals surface area contributed by atoms with Crippen molar-refractivity contribution in [3.05, 3.63) is 0 Å². The average molecular weight is 285 g/mol. The first-order valence-corrected chi connectivity index (χ1v) is 7.23. The number of carboxylic acid groups (broad SMARTS) is 1. The molecule has 2 unspecified atom stereocenters. The molecule has 116 valence electrons. The van der Waals surface area contributed by atoms with Crippen LogP contribution in [-0.2, 0) is 4.79 Å². The van der Waals surface area contributed by atoms with Gasteiger partial charge in [-0.2, -0.15) is 0 Å². The van der Waals surface area contributed by atoms with E-state index in [1.54, 1.807) is 4.90 Å². The number of carbonyl (C=O) groups is 2. The number of rotatable bonds is 6. The van der Waals surface area contributed by atoms with Crippen LogP contribution in [0.4, 0.5) is 4.79 Å². The molecular formula is C14H27N3O3. The highest BCUT2D eigenvalue weighted by Crippen LogP contribution is 2.14. The van der Waals surface area contributed by atoms with Gasteiger partial charge in [-0.25, -0.2) is 4.79 Å². The number of urea groups is 1. The predicted octanol–water partition coefficient (Wildman–Crippen LogP) is 1.08. The van der Waals surface area contributed by atoms with E-state index in [4.69, 9.17) is 5.11 Å². The molecule has 6 nitrogen and oxygen atoms in total. The zero-order valence-electron chi connectivity index (χ0n) is 12.9. The van der Waals surface area contributed by atoms with Gasteiger partial charge in [0.2, 0.25) is 0 Å². The Balaban J connectivity index is 2.40. The number of aliphatic carboxylic acids is 1. The molecule has 0 aromatic rings. The van der Waals surface area contributed by atoms with Crippen molar-refractivity contribution in [3.8, 4) is 0 Å². The number of nitrogens with one attached hydrogen (secondary N) is 1. The second-order valence-corrected chi connectivity index (χ2v) is 6.20. The van der Waals surface area contributed by atoms with E-state index in [0.717, 1.165) is 13.0 Å². The van der Waals surface area contributed by atoms with Crippen LogP contribution in [0.15, 0.2) is 0 Å². The highest BCUT2D eigenvalue weighted by molar-refractivity contribution is 5.76. The van der Waals surface area contributed by atoms with Crippen molar-refractivity contribution >= 4 is 12.0 Å². The van der Waals surface area contributed by atoms with Crippen molar-refractivity contribution in [2.45, 2.75) is 32.7 Å². The van der Waals surface area contributed by atoms with Crippen LogP contribution in [0.1, 0.15) is 26.7 Å². The van der Waals surface area contributed by atoms with Crippen LogP contribution in [0.2, 0.25) is 0 Å². The minimum Gasteiger partial charge on any atom is -0.481 e. The molecule has 0 bridgehead atoms. The molecule has 6 heteroatoms. The van der Waals surface area contributed by atoms with Crippen molar-refractivity contribution in [3.63, 3.8) is 0 Å². The van der Waals surface area contributed by atoms with Crippen LogP contribution in [0.5, 0.6) is 0 Å². The van der Waals surface area contributed by atoms with Crippen molar-refractivity contribution in [1.82, 2.24) is 15.1 Å². The highest BCUT2D eigenvalue weighted by Gasteiger charge is 2.28. The number of nitrogens with zero attached hydrogens (tertiary/aromatic N) is 2. The summed E-state index contributed by atoms with van der Waals surface area (Å²) < 4.78 is 0. The molecule has 1 fully saturated rings. The molecule has 1 rings (SSSR count). The van der Waals surface area contributed by atoms with Gasteiger partial charge in [-0.05, 0) is 32.9 Å². The predicted molar refractivity (Wildman–Crippen MR) is 77.6 cm³/mol. The Morgan fingerprint density at radius 1 is 1.40 bits per heavy atom. The maximum Gasteiger partial charge on any atom is 0.317 e. The van der Waals surface area contributed by atoms with Gasteiger partial charge >= 0.3 is 12.0 Å². The number of hydrogen-bond donors (Lipinski definition) is 2. The molecule has 2 atom stereocenters. The third kappa shape index (κ3) is 5.00. The lowest BCUT2D eigenvalue weighted by molar-refractivity contribution is -0.142. The fourth-order valence-corrected chi connectivity index (χ4v) is 2.51. The van der Waals surface area contributed by atoms with Gasteiger partial charge in [-0.3, -0.25) is 4.79 Å². The van der Waals surface area contributed by atoms with Crippen molar-refractivity contribution in [2.24, 2.45) is 11.8 Å². The van der Waals surface area contributed by atoms with Crippen LogP contribution >= 0.6 is 0 Å². The molecule has 0 aromatic heterocycles. The lowest BCUT2D eigenvalue weighted by Gasteiger charge is -2.22. The summed E-state index contributed by atoms with van der Waals surface area (Å²) in [5.74, 6) is -1.05. The number of carbonyl (C=O) groups excluding carboxylic acids is 1. The van der Waals surface area contributed by atoms with Gasteiger partial charge in [0.1, 0.15) is 0 Å². The van der Waals surface area contributed by atoms with E-state index in [1.165, 1.54) is 0 Å². The third-order valence-electron chi connectivity index (χ3n) is 3.79. The van der Waals surface area contributed by atoms with E-state index in [9.17, 15) is 9.59 Å². The maximum absolute atomic E-state index is 12.0. The zero-order chi connectivity index (χ0) is 15.3. The molecule has 1 aliphatic heterocycles. The molecule has 0 spiro atoms. The van der Waals surface area contributed by atoms with Crippen LogP contribution < -0.4 is 5.32 Å². The van der Waals surface area contributed by atoms with E-state index < -0.39 is 11.9 Å². The van der Waals surface area contributed by atoms with E-state index in [-0.39, 0.29) is 12.6 Å². The molecule has 20 heavy (non-hydrogen) atoms. The van der Waals surface area contributed by atoms with Crippen LogP contribution in [0.25, 0.3) is 0 Å². The Morgan fingerprint density at radius 3 is 2.50 bits per heavy atom. The Hall–Kier alpha value is -1.30. The van der Waals surface area contributed by atoms with Crippen LogP contribution in [0, 0.1) is 11.8 Å². The molecular weight excluding hydrogens is 258 g/mol. The number of hydrogen-bond acceptors (Lipinski definition) is 3. The van der Waals surface area contributed by atoms with E-state index in [1.807, 2.05) is 27.9 Å². The van der Waals surface area contributed by atoms with Crippen molar-refractivity contribution in [2.75, 3.05) is 33.7 Å². The minimum absolute atomic E-state index is 0.149. The Bertz CT molecular complexity index is 345. The zero-order valence-corrected chi connectivity index (χ0v) is 12.9. The monoisotopic (exact) mass is 285 g/mol. The Kier molecular flexibility index (Phi) is 6.26. The SMILES string of the molecule is CC(C)CC(CNC(=O)N1CCC(N(C)C)C1)C(=O)O. The maximum atomic E-state index is 12.0. The standard InChI is InChI=1S/C14H27N3O3/c1-10(2)7-11(13(18)19)8-15-14(20)17-6-5-12(9-17)16(3)4/h10-12H,5-9H2,1-4H3,(H,15,20)(H,18,19). The first-order chi connectivity index (χ1) is 9.31. The number of carboxylic acids is 1. The van der Waals surface area contributed by atoms with Gasteiger partial charge in [-0.1, -0.05) is 13.8 Å². The summed E-state index contributed by atoms with van der Waals surface area (Å²) in [5, 5.41) is 11.9. The number of likely N-dealkylation sites (tertiary alicyclic amines) is 1. The first kappa shape index (κ1) is 16.8. The minimum atomic E-state index is -0.841. The molecule has 0 saturated carbocycles. The summed E-state index contributed by atoms with van der Waals surface area (Å²) in [6.07, 6.45) is 1.55. The van der Waals surface area contributed by atoms with Crippen LogP contribution in [0.3, 0.4) is 0 Å². The first-order valence-electron chi connectivity index (χ1n) is 7.23. The lowest BCUT2D eigenvalue weighted by Crippen LogP contribution is -2.43. The summed E-state index contributed by atoms with van der Waals surface area (Å²) in [6.45, 7) is 5.62. The summed E-state index contributed by atoms with van der Waals surface area (Å²) in [7, 11) is 4.02. The normalized spacial score (nSPS) is 20.5. The van der Waals surface area contributed by atoms with Gasteiger partial charge < -0.3 is 20.2 Å².